The summed E-state index contributed by atoms with van der Waals surface area (Å²) in [6.45, 7) is 7.92. The topological polar surface area (TPSA) is 198 Å². The SMILES string of the molecule is CCn1nc(C)cc1C(=O)N=c1n(C)c2cc(C(N)=O)ccc2n1CC(O)C(O)Cn1c(=NC(=O)c2cc(C)nn2CC)n(C)c2cccc(Br)c21. The number of fused-ring (bicyclic) bond motifs is 2. The second kappa shape index (κ2) is 14.3. The molecule has 6 aromatic rings. The number of rotatable bonds is 10. The van der Waals surface area contributed by atoms with E-state index >= 15 is 0 Å². The minimum absolute atomic E-state index is 0.156. The molecule has 2 aromatic carbocycles. The number of imidazole rings is 2. The van der Waals surface area contributed by atoms with Crippen LogP contribution in [0.4, 0.5) is 0 Å². The molecule has 0 saturated carbocycles. The Labute approximate surface area is 305 Å². The van der Waals surface area contributed by atoms with Crippen LogP contribution in [0.25, 0.3) is 22.1 Å². The van der Waals surface area contributed by atoms with E-state index in [1.807, 2.05) is 32.0 Å². The molecule has 0 radical (unpaired) electrons. The van der Waals surface area contributed by atoms with Gasteiger partial charge in [-0.3, -0.25) is 23.7 Å². The predicted octanol–water partition coefficient (Wildman–Crippen LogP) is 2.09. The van der Waals surface area contributed by atoms with Crippen LogP contribution in [0.2, 0.25) is 0 Å². The lowest BCUT2D eigenvalue weighted by molar-refractivity contribution is -0.000166. The van der Waals surface area contributed by atoms with Crippen molar-refractivity contribution >= 4 is 55.7 Å². The number of hydrogen-bond donors (Lipinski definition) is 3. The highest BCUT2D eigenvalue weighted by Crippen LogP contribution is 2.24. The average molecular weight is 775 g/mol. The fraction of sp³-hybridized carbons (Fsp3) is 0.343. The molecule has 2 unspecified atom stereocenters. The number of nitrogens with zero attached hydrogens (tertiary/aromatic N) is 10. The largest absolute Gasteiger partial charge is 0.388 e. The molecule has 0 saturated heterocycles. The highest BCUT2D eigenvalue weighted by atomic mass is 79.9. The number of primary amides is 1. The Morgan fingerprint density at radius 1 is 0.769 bits per heavy atom. The zero-order chi connectivity index (χ0) is 37.6. The van der Waals surface area contributed by atoms with Gasteiger partial charge in [-0.15, -0.1) is 0 Å². The number of carbonyl (C=O) groups excluding carboxylic acids is 3. The van der Waals surface area contributed by atoms with Gasteiger partial charge in [-0.05, 0) is 86.1 Å². The van der Waals surface area contributed by atoms with Gasteiger partial charge in [0.05, 0.1) is 58.8 Å². The second-order valence-electron chi connectivity index (χ2n) is 12.6. The highest BCUT2D eigenvalue weighted by molar-refractivity contribution is 9.10. The Kier molecular flexibility index (Phi) is 10.0. The first-order valence-electron chi connectivity index (χ1n) is 16.7. The minimum atomic E-state index is -1.41. The Hall–Kier alpha value is -5.39. The monoisotopic (exact) mass is 773 g/mol. The predicted molar refractivity (Wildman–Crippen MR) is 195 cm³/mol. The minimum Gasteiger partial charge on any atom is -0.388 e. The lowest BCUT2D eigenvalue weighted by Gasteiger charge is -2.20. The molecular formula is C35H40BrN11O5. The lowest BCUT2D eigenvalue weighted by Crippen LogP contribution is -2.40. The van der Waals surface area contributed by atoms with Gasteiger partial charge in [-0.1, -0.05) is 6.07 Å². The fourth-order valence-electron chi connectivity index (χ4n) is 6.46. The van der Waals surface area contributed by atoms with Crippen molar-refractivity contribution in [3.05, 3.63) is 92.6 Å². The Morgan fingerprint density at radius 2 is 1.29 bits per heavy atom. The maximum Gasteiger partial charge on any atom is 0.298 e. The summed E-state index contributed by atoms with van der Waals surface area (Å²) >= 11 is 3.61. The molecule has 0 aliphatic carbocycles. The van der Waals surface area contributed by atoms with Crippen LogP contribution in [-0.2, 0) is 40.3 Å². The van der Waals surface area contributed by atoms with Crippen LogP contribution in [0.5, 0.6) is 0 Å². The first kappa shape index (κ1) is 36.4. The summed E-state index contributed by atoms with van der Waals surface area (Å²) in [6, 6.07) is 13.7. The van der Waals surface area contributed by atoms with Gasteiger partial charge in [0.1, 0.15) is 11.4 Å². The number of aliphatic hydroxyl groups is 2. The summed E-state index contributed by atoms with van der Waals surface area (Å²) in [7, 11) is 3.45. The van der Waals surface area contributed by atoms with Gasteiger partial charge in [-0.2, -0.15) is 20.2 Å². The van der Waals surface area contributed by atoms with E-state index < -0.39 is 29.9 Å². The molecule has 52 heavy (non-hydrogen) atoms. The van der Waals surface area contributed by atoms with E-state index in [0.717, 1.165) is 5.52 Å². The average Bonchev–Trinajstić information content (AvgIpc) is 3.83. The number of benzene rings is 2. The van der Waals surface area contributed by atoms with Crippen molar-refractivity contribution in [2.24, 2.45) is 29.8 Å². The number of nitrogens with two attached hydrogens (primary N) is 1. The normalized spacial score (nSPS) is 13.8. The molecule has 4 N–H and O–H groups in total. The molecule has 272 valence electrons. The zero-order valence-electron chi connectivity index (χ0n) is 29.6. The number of aliphatic hydroxyl groups excluding tert-OH is 2. The van der Waals surface area contributed by atoms with Crippen molar-refractivity contribution in [2.75, 3.05) is 0 Å². The van der Waals surface area contributed by atoms with Crippen LogP contribution >= 0.6 is 15.9 Å². The van der Waals surface area contributed by atoms with Crippen molar-refractivity contribution in [3.63, 3.8) is 0 Å². The molecule has 17 heteroatoms. The summed E-state index contributed by atoms with van der Waals surface area (Å²) in [5.74, 6) is -1.70. The Morgan fingerprint density at radius 3 is 1.83 bits per heavy atom. The van der Waals surface area contributed by atoms with Crippen LogP contribution in [0, 0.1) is 13.8 Å². The molecule has 6 rings (SSSR count). The van der Waals surface area contributed by atoms with Crippen LogP contribution < -0.4 is 17.0 Å². The lowest BCUT2D eigenvalue weighted by atomic mass is 10.1. The first-order chi connectivity index (χ1) is 24.7. The number of hydrogen-bond acceptors (Lipinski definition) is 7. The summed E-state index contributed by atoms with van der Waals surface area (Å²) in [4.78, 5) is 48.1. The summed E-state index contributed by atoms with van der Waals surface area (Å²) in [6.07, 6.45) is -2.80. The van der Waals surface area contributed by atoms with Crippen LogP contribution in [0.15, 0.2) is 63.0 Å². The summed E-state index contributed by atoms with van der Waals surface area (Å²) < 4.78 is 10.5. The molecule has 4 aromatic heterocycles. The van der Waals surface area contributed by atoms with E-state index in [1.54, 1.807) is 85.9 Å². The number of aryl methyl sites for hydroxylation is 6. The number of amides is 3. The van der Waals surface area contributed by atoms with Gasteiger partial charge < -0.3 is 34.2 Å². The van der Waals surface area contributed by atoms with Crippen molar-refractivity contribution in [3.8, 4) is 0 Å². The van der Waals surface area contributed by atoms with E-state index in [2.05, 4.69) is 36.1 Å². The van der Waals surface area contributed by atoms with E-state index in [1.165, 1.54) is 0 Å². The Bertz CT molecular complexity index is 2530. The maximum atomic E-state index is 13.6. The van der Waals surface area contributed by atoms with Crippen molar-refractivity contribution in [2.45, 2.75) is 66.1 Å². The van der Waals surface area contributed by atoms with Crippen LogP contribution in [0.1, 0.15) is 56.6 Å². The molecule has 3 amide bonds. The highest BCUT2D eigenvalue weighted by Gasteiger charge is 2.25. The van der Waals surface area contributed by atoms with Crippen molar-refractivity contribution < 1.29 is 24.6 Å². The quantitative estimate of drug-likeness (QED) is 0.189. The van der Waals surface area contributed by atoms with Gasteiger partial charge in [0.25, 0.3) is 11.8 Å². The molecule has 0 aliphatic rings. The third kappa shape index (κ3) is 6.57. The molecule has 16 nitrogen and oxygen atoms in total. The summed E-state index contributed by atoms with van der Waals surface area (Å²) in [5.41, 5.74) is 10.6. The zero-order valence-corrected chi connectivity index (χ0v) is 31.2. The van der Waals surface area contributed by atoms with E-state index in [9.17, 15) is 24.6 Å². The van der Waals surface area contributed by atoms with E-state index in [-0.39, 0.29) is 35.6 Å². The molecular weight excluding hydrogens is 734 g/mol. The van der Waals surface area contributed by atoms with Crippen LogP contribution in [-0.4, -0.2) is 78.0 Å². The smallest absolute Gasteiger partial charge is 0.298 e. The van der Waals surface area contributed by atoms with E-state index in [4.69, 9.17) is 5.73 Å². The van der Waals surface area contributed by atoms with Crippen molar-refractivity contribution in [1.82, 2.24) is 37.8 Å². The van der Waals surface area contributed by atoms with Crippen LogP contribution in [0.3, 0.4) is 0 Å². The van der Waals surface area contributed by atoms with Gasteiger partial charge in [-0.25, -0.2) is 0 Å². The van der Waals surface area contributed by atoms with E-state index in [0.29, 0.717) is 51.2 Å². The Balaban J connectivity index is 1.43. The third-order valence-electron chi connectivity index (χ3n) is 9.02. The molecule has 0 spiro atoms. The number of carbonyl (C=O) groups is 3. The van der Waals surface area contributed by atoms with Gasteiger partial charge >= 0.3 is 0 Å². The molecule has 0 bridgehead atoms. The van der Waals surface area contributed by atoms with Crippen molar-refractivity contribution in [1.29, 1.82) is 0 Å². The second-order valence-corrected chi connectivity index (χ2v) is 13.4. The fourth-order valence-corrected chi connectivity index (χ4v) is 7.03. The molecule has 4 heterocycles. The summed E-state index contributed by atoms with van der Waals surface area (Å²) in [5, 5.41) is 32.0. The number of halogens is 1. The molecule has 0 aliphatic heterocycles. The maximum absolute atomic E-state index is 13.6. The van der Waals surface area contributed by atoms with Gasteiger partial charge in [0.2, 0.25) is 17.1 Å². The van der Waals surface area contributed by atoms with Gasteiger partial charge in [0, 0.05) is 37.2 Å². The van der Waals surface area contributed by atoms with Gasteiger partial charge in [0.15, 0.2) is 0 Å². The first-order valence-corrected chi connectivity index (χ1v) is 17.5. The third-order valence-corrected chi connectivity index (χ3v) is 9.66. The number of aromatic nitrogens is 8. The molecule has 0 fully saturated rings. The molecule has 2 atom stereocenters. The number of para-hydroxylation sites is 1. The standard InChI is InChI=1S/C35H40BrN11O5/c1-7-46-26(14-19(3)40-46)32(51)38-34-43(6)25-16-21(31(37)50)12-13-23(25)44(34)17-28(48)29(49)18-45-30-22(36)10-9-11-24(30)42(5)35(45)39-33(52)27-15-20(4)41-47(27)8-2/h9-16,28-29,48-49H,7-8,17-18H2,1-6H3,(H2,37,50).